The van der Waals surface area contributed by atoms with Gasteiger partial charge in [-0.1, -0.05) is 35.8 Å². The minimum atomic E-state index is -0.336. The van der Waals surface area contributed by atoms with Crippen LogP contribution in [0, 0.1) is 17.0 Å². The van der Waals surface area contributed by atoms with E-state index in [0.717, 1.165) is 17.5 Å². The number of nitro benzene ring substituents is 1. The molecule has 2 atom stereocenters. The second-order valence-corrected chi connectivity index (χ2v) is 5.44. The fourth-order valence-corrected chi connectivity index (χ4v) is 2.62. The molecule has 0 aliphatic rings. The molecule has 2 unspecified atom stereocenters. The van der Waals surface area contributed by atoms with Crippen molar-refractivity contribution < 1.29 is 4.92 Å². The van der Waals surface area contributed by atoms with Gasteiger partial charge >= 0.3 is 0 Å². The molecule has 0 aliphatic heterocycles. The molecule has 0 heterocycles. The van der Waals surface area contributed by atoms with Gasteiger partial charge in [-0.15, -0.1) is 0 Å². The molecule has 1 aromatic carbocycles. The summed E-state index contributed by atoms with van der Waals surface area (Å²) in [5, 5.41) is 10.7. The summed E-state index contributed by atoms with van der Waals surface area (Å²) >= 11 is 3.58. The fraction of sp³-hybridized carbons (Fsp3) is 0.500. The Morgan fingerprint density at radius 3 is 2.50 bits per heavy atom. The lowest BCUT2D eigenvalue weighted by Crippen LogP contribution is -2.08. The number of halogens is 1. The number of nitrogens with zero attached hydrogens (tertiary/aromatic N) is 1. The first kappa shape index (κ1) is 13.2. The molecule has 88 valence electrons. The second kappa shape index (κ2) is 5.43. The van der Waals surface area contributed by atoms with E-state index in [1.165, 1.54) is 0 Å². The molecule has 0 bridgehead atoms. The summed E-state index contributed by atoms with van der Waals surface area (Å²) in [5.41, 5.74) is 2.09. The molecule has 1 rings (SSSR count). The van der Waals surface area contributed by atoms with Crippen molar-refractivity contribution in [2.45, 2.75) is 37.9 Å². The predicted octanol–water partition coefficient (Wildman–Crippen LogP) is 4.18. The Labute approximate surface area is 104 Å². The highest BCUT2D eigenvalue weighted by Crippen LogP contribution is 2.30. The van der Waals surface area contributed by atoms with Crippen molar-refractivity contribution in [2.24, 2.45) is 0 Å². The molecule has 0 N–H and O–H groups in total. The van der Waals surface area contributed by atoms with Gasteiger partial charge in [0, 0.05) is 16.5 Å². The minimum absolute atomic E-state index is 0.195. The Bertz CT molecular complexity index is 391. The highest BCUT2D eigenvalue weighted by molar-refractivity contribution is 9.09. The monoisotopic (exact) mass is 285 g/mol. The van der Waals surface area contributed by atoms with E-state index in [4.69, 9.17) is 0 Å². The Morgan fingerprint density at radius 1 is 1.50 bits per heavy atom. The summed E-state index contributed by atoms with van der Waals surface area (Å²) in [7, 11) is 0. The molecule has 0 saturated carbocycles. The molecule has 3 nitrogen and oxygen atoms in total. The average molecular weight is 286 g/mol. The molecule has 16 heavy (non-hydrogen) atoms. The molecule has 0 aliphatic carbocycles. The van der Waals surface area contributed by atoms with E-state index < -0.39 is 0 Å². The van der Waals surface area contributed by atoms with E-state index in [9.17, 15) is 10.1 Å². The topological polar surface area (TPSA) is 43.1 Å². The lowest BCUT2D eigenvalue weighted by atomic mass is 9.92. The van der Waals surface area contributed by atoms with Crippen LogP contribution in [0.5, 0.6) is 0 Å². The van der Waals surface area contributed by atoms with E-state index in [2.05, 4.69) is 29.8 Å². The van der Waals surface area contributed by atoms with Crippen molar-refractivity contribution in [3.05, 3.63) is 39.4 Å². The molecule has 0 spiro atoms. The molecule has 0 amide bonds. The van der Waals surface area contributed by atoms with Crippen molar-refractivity contribution in [2.75, 3.05) is 0 Å². The number of alkyl halides is 1. The third kappa shape index (κ3) is 2.82. The van der Waals surface area contributed by atoms with E-state index in [0.29, 0.717) is 10.7 Å². The first-order valence-electron chi connectivity index (χ1n) is 5.36. The number of hydrogen-bond donors (Lipinski definition) is 0. The van der Waals surface area contributed by atoms with Gasteiger partial charge in [-0.2, -0.15) is 0 Å². The van der Waals surface area contributed by atoms with Crippen LogP contribution < -0.4 is 0 Å². The van der Waals surface area contributed by atoms with Crippen molar-refractivity contribution in [1.29, 1.82) is 0 Å². The van der Waals surface area contributed by atoms with Crippen molar-refractivity contribution in [1.82, 2.24) is 0 Å². The van der Waals surface area contributed by atoms with Crippen LogP contribution in [0.4, 0.5) is 5.69 Å². The lowest BCUT2D eigenvalue weighted by Gasteiger charge is -2.18. The van der Waals surface area contributed by atoms with Crippen molar-refractivity contribution in [3.8, 4) is 0 Å². The Kier molecular flexibility index (Phi) is 4.47. The van der Waals surface area contributed by atoms with Crippen LogP contribution in [0.1, 0.15) is 37.3 Å². The Hall–Kier alpha value is -0.900. The van der Waals surface area contributed by atoms with Gasteiger partial charge in [0.25, 0.3) is 5.69 Å². The number of nitro groups is 1. The van der Waals surface area contributed by atoms with Gasteiger partial charge in [0.2, 0.25) is 0 Å². The summed E-state index contributed by atoms with van der Waals surface area (Å²) in [6.07, 6.45) is 1.02. The number of hydrogen-bond acceptors (Lipinski definition) is 2. The van der Waals surface area contributed by atoms with Gasteiger partial charge in [0.05, 0.1) is 4.92 Å². The summed E-state index contributed by atoms with van der Waals surface area (Å²) in [4.78, 5) is 10.7. The van der Waals surface area contributed by atoms with E-state index in [1.54, 1.807) is 13.0 Å². The molecule has 1 aromatic rings. The normalized spacial score (nSPS) is 14.5. The molecule has 4 heteroatoms. The van der Waals surface area contributed by atoms with Gasteiger partial charge in [-0.3, -0.25) is 10.1 Å². The molecular formula is C12H16BrNO2. The molecular weight excluding hydrogens is 270 g/mol. The quantitative estimate of drug-likeness (QED) is 0.473. The van der Waals surface area contributed by atoms with Gasteiger partial charge < -0.3 is 0 Å². The maximum atomic E-state index is 10.7. The number of benzene rings is 1. The lowest BCUT2D eigenvalue weighted by molar-refractivity contribution is -0.385. The summed E-state index contributed by atoms with van der Waals surface area (Å²) < 4.78 is 0. The zero-order chi connectivity index (χ0) is 12.3. The van der Waals surface area contributed by atoms with Crippen molar-refractivity contribution in [3.63, 3.8) is 0 Å². The summed E-state index contributed by atoms with van der Waals surface area (Å²) in [6.45, 7) is 6.01. The maximum absolute atomic E-state index is 10.7. The van der Waals surface area contributed by atoms with E-state index in [-0.39, 0.29) is 10.6 Å². The van der Waals surface area contributed by atoms with Crippen LogP contribution in [0.3, 0.4) is 0 Å². The summed E-state index contributed by atoms with van der Waals surface area (Å²) in [5.74, 6) is 0.402. The molecule has 0 fully saturated rings. The van der Waals surface area contributed by atoms with Gasteiger partial charge in [0.1, 0.15) is 0 Å². The van der Waals surface area contributed by atoms with Crippen LogP contribution in [0.15, 0.2) is 18.2 Å². The molecule has 0 saturated heterocycles. The first-order valence-corrected chi connectivity index (χ1v) is 6.28. The van der Waals surface area contributed by atoms with Crippen LogP contribution in [0.25, 0.3) is 0 Å². The van der Waals surface area contributed by atoms with Crippen LogP contribution >= 0.6 is 15.9 Å². The zero-order valence-corrected chi connectivity index (χ0v) is 11.3. The van der Waals surface area contributed by atoms with E-state index in [1.807, 2.05) is 12.1 Å². The summed E-state index contributed by atoms with van der Waals surface area (Å²) in [6, 6.07) is 5.38. The van der Waals surface area contributed by atoms with Gasteiger partial charge in [-0.25, -0.2) is 0 Å². The highest BCUT2D eigenvalue weighted by atomic mass is 79.9. The van der Waals surface area contributed by atoms with Crippen molar-refractivity contribution >= 4 is 21.6 Å². The molecule has 0 radical (unpaired) electrons. The smallest absolute Gasteiger partial charge is 0.258 e. The second-order valence-electron chi connectivity index (χ2n) is 4.00. The van der Waals surface area contributed by atoms with Crippen LogP contribution in [-0.2, 0) is 0 Å². The standard InChI is InChI=1S/C12H16BrNO2/c1-4-11(9(3)13)10-5-6-12(14(15)16)8(2)7-10/h5-7,9,11H,4H2,1-3H3. The minimum Gasteiger partial charge on any atom is -0.258 e. The highest BCUT2D eigenvalue weighted by Gasteiger charge is 2.18. The first-order chi connectivity index (χ1) is 7.47. The average Bonchev–Trinajstić information content (AvgIpc) is 2.17. The van der Waals surface area contributed by atoms with E-state index >= 15 is 0 Å². The third-order valence-corrected chi connectivity index (χ3v) is 3.48. The number of aryl methyl sites for hydroxylation is 1. The third-order valence-electron chi connectivity index (χ3n) is 2.84. The largest absolute Gasteiger partial charge is 0.272 e. The van der Waals surface area contributed by atoms with Gasteiger partial charge in [-0.05, 0) is 30.9 Å². The maximum Gasteiger partial charge on any atom is 0.272 e. The van der Waals surface area contributed by atoms with Gasteiger partial charge in [0.15, 0.2) is 0 Å². The Balaban J connectivity index is 3.09. The molecule has 0 aromatic heterocycles. The number of rotatable bonds is 4. The predicted molar refractivity (Wildman–Crippen MR) is 69.3 cm³/mol. The zero-order valence-electron chi connectivity index (χ0n) is 9.74. The SMILES string of the molecule is CCC(c1ccc([N+](=O)[O-])c(C)c1)C(C)Br. The Morgan fingerprint density at radius 2 is 2.12 bits per heavy atom. The van der Waals surface area contributed by atoms with Crippen LogP contribution in [0.2, 0.25) is 0 Å². The fourth-order valence-electron chi connectivity index (χ4n) is 1.94. The van der Waals surface area contributed by atoms with Crippen LogP contribution in [-0.4, -0.2) is 9.75 Å².